The molecule has 0 aliphatic carbocycles. The number of hydrogen-bond acceptors (Lipinski definition) is 3. The highest BCUT2D eigenvalue weighted by Crippen LogP contribution is 2.19. The Labute approximate surface area is 92.3 Å². The van der Waals surface area contributed by atoms with Crippen molar-refractivity contribution in [3.63, 3.8) is 0 Å². The molecule has 0 aliphatic rings. The standard InChI is InChI=1S/C12H21N3/c1-5-6-15(9(2)3)12-7-11(13)10(4)8-14-12/h7-9H,5-6H2,1-4H3,(H2,13,14). The molecule has 3 heteroatoms. The molecule has 84 valence electrons. The van der Waals surface area contributed by atoms with Gasteiger partial charge in [-0.2, -0.15) is 0 Å². The van der Waals surface area contributed by atoms with Crippen molar-refractivity contribution < 1.29 is 0 Å². The first-order valence-corrected chi connectivity index (χ1v) is 5.55. The lowest BCUT2D eigenvalue weighted by Gasteiger charge is -2.27. The van der Waals surface area contributed by atoms with E-state index >= 15 is 0 Å². The predicted octanol–water partition coefficient (Wildman–Crippen LogP) is 2.60. The van der Waals surface area contributed by atoms with Crippen molar-refractivity contribution >= 4 is 11.5 Å². The van der Waals surface area contributed by atoms with E-state index in [1.807, 2.05) is 19.2 Å². The Kier molecular flexibility index (Phi) is 3.95. The molecule has 15 heavy (non-hydrogen) atoms. The Morgan fingerprint density at radius 2 is 2.13 bits per heavy atom. The van der Waals surface area contributed by atoms with Crippen LogP contribution in [-0.2, 0) is 0 Å². The van der Waals surface area contributed by atoms with Crippen LogP contribution < -0.4 is 10.6 Å². The molecule has 1 aromatic heterocycles. The van der Waals surface area contributed by atoms with Crippen LogP contribution in [0, 0.1) is 6.92 Å². The van der Waals surface area contributed by atoms with Gasteiger partial charge < -0.3 is 10.6 Å². The van der Waals surface area contributed by atoms with E-state index in [-0.39, 0.29) is 0 Å². The molecule has 3 nitrogen and oxygen atoms in total. The first-order valence-electron chi connectivity index (χ1n) is 5.55. The SMILES string of the molecule is CCCN(c1cc(N)c(C)cn1)C(C)C. The lowest BCUT2D eigenvalue weighted by atomic mass is 10.2. The van der Waals surface area contributed by atoms with Gasteiger partial charge in [0.25, 0.3) is 0 Å². The number of hydrogen-bond donors (Lipinski definition) is 1. The Hall–Kier alpha value is -1.25. The number of nitrogens with zero attached hydrogens (tertiary/aromatic N) is 2. The summed E-state index contributed by atoms with van der Waals surface area (Å²) in [5.74, 6) is 0.981. The molecule has 0 fully saturated rings. The van der Waals surface area contributed by atoms with Crippen LogP contribution >= 0.6 is 0 Å². The lowest BCUT2D eigenvalue weighted by molar-refractivity contribution is 0.662. The zero-order chi connectivity index (χ0) is 11.4. The summed E-state index contributed by atoms with van der Waals surface area (Å²) in [5.41, 5.74) is 7.75. The van der Waals surface area contributed by atoms with Gasteiger partial charge in [0.15, 0.2) is 0 Å². The molecule has 0 amide bonds. The minimum Gasteiger partial charge on any atom is -0.398 e. The highest BCUT2D eigenvalue weighted by atomic mass is 15.2. The quantitative estimate of drug-likeness (QED) is 0.825. The highest BCUT2D eigenvalue weighted by Gasteiger charge is 2.11. The van der Waals surface area contributed by atoms with Crippen molar-refractivity contribution in [2.24, 2.45) is 0 Å². The zero-order valence-corrected chi connectivity index (χ0v) is 10.1. The molecule has 0 aliphatic heterocycles. The summed E-state index contributed by atoms with van der Waals surface area (Å²) in [7, 11) is 0. The molecular weight excluding hydrogens is 186 g/mol. The molecular formula is C12H21N3. The monoisotopic (exact) mass is 207 g/mol. The molecule has 1 rings (SSSR count). The molecule has 0 aromatic carbocycles. The Morgan fingerprint density at radius 1 is 1.47 bits per heavy atom. The van der Waals surface area contributed by atoms with Crippen LogP contribution in [0.1, 0.15) is 32.8 Å². The third kappa shape index (κ3) is 2.85. The number of pyridine rings is 1. The van der Waals surface area contributed by atoms with Gasteiger partial charge in [-0.15, -0.1) is 0 Å². The second-order valence-electron chi connectivity index (χ2n) is 4.19. The van der Waals surface area contributed by atoms with Crippen molar-refractivity contribution in [2.75, 3.05) is 17.2 Å². The predicted molar refractivity (Wildman–Crippen MR) is 66.2 cm³/mol. The molecule has 1 heterocycles. The summed E-state index contributed by atoms with van der Waals surface area (Å²) in [6.45, 7) is 9.52. The second-order valence-corrected chi connectivity index (χ2v) is 4.19. The fraction of sp³-hybridized carbons (Fsp3) is 0.583. The number of rotatable bonds is 4. The largest absolute Gasteiger partial charge is 0.398 e. The lowest BCUT2D eigenvalue weighted by Crippen LogP contribution is -2.32. The third-order valence-electron chi connectivity index (χ3n) is 2.51. The minimum absolute atomic E-state index is 0.458. The van der Waals surface area contributed by atoms with Crippen LogP contribution in [0.15, 0.2) is 12.3 Å². The summed E-state index contributed by atoms with van der Waals surface area (Å²) in [6, 6.07) is 2.42. The molecule has 0 saturated carbocycles. The second kappa shape index (κ2) is 5.01. The number of aryl methyl sites for hydroxylation is 1. The molecule has 0 bridgehead atoms. The highest BCUT2D eigenvalue weighted by molar-refractivity contribution is 5.55. The van der Waals surface area contributed by atoms with Crippen LogP contribution in [0.2, 0.25) is 0 Å². The average Bonchev–Trinajstić information content (AvgIpc) is 2.18. The van der Waals surface area contributed by atoms with Crippen molar-refractivity contribution in [3.05, 3.63) is 17.8 Å². The minimum atomic E-state index is 0.458. The molecule has 0 atom stereocenters. The van der Waals surface area contributed by atoms with Crippen molar-refractivity contribution in [1.82, 2.24) is 4.98 Å². The van der Waals surface area contributed by atoms with E-state index in [1.165, 1.54) is 0 Å². The van der Waals surface area contributed by atoms with E-state index in [0.717, 1.165) is 30.0 Å². The molecule has 0 unspecified atom stereocenters. The van der Waals surface area contributed by atoms with Gasteiger partial charge in [-0.1, -0.05) is 6.92 Å². The maximum Gasteiger partial charge on any atom is 0.130 e. The summed E-state index contributed by atoms with van der Waals surface area (Å²) < 4.78 is 0. The normalized spacial score (nSPS) is 10.7. The van der Waals surface area contributed by atoms with Crippen molar-refractivity contribution in [1.29, 1.82) is 0 Å². The topological polar surface area (TPSA) is 42.1 Å². The van der Waals surface area contributed by atoms with Gasteiger partial charge in [-0.25, -0.2) is 4.98 Å². The number of anilines is 2. The van der Waals surface area contributed by atoms with E-state index in [4.69, 9.17) is 5.73 Å². The van der Waals surface area contributed by atoms with Gasteiger partial charge in [-0.05, 0) is 32.8 Å². The fourth-order valence-corrected chi connectivity index (χ4v) is 1.56. The Bertz CT molecular complexity index is 321. The maximum atomic E-state index is 5.89. The van der Waals surface area contributed by atoms with Gasteiger partial charge in [0.1, 0.15) is 5.82 Å². The van der Waals surface area contributed by atoms with Gasteiger partial charge in [0.05, 0.1) is 0 Å². The number of nitrogen functional groups attached to an aromatic ring is 1. The van der Waals surface area contributed by atoms with Crippen LogP contribution in [0.5, 0.6) is 0 Å². The summed E-state index contributed by atoms with van der Waals surface area (Å²) in [6.07, 6.45) is 2.96. The fourth-order valence-electron chi connectivity index (χ4n) is 1.56. The molecule has 0 saturated heterocycles. The van der Waals surface area contributed by atoms with E-state index < -0.39 is 0 Å². The molecule has 0 spiro atoms. The Morgan fingerprint density at radius 3 is 2.60 bits per heavy atom. The molecule has 0 radical (unpaired) electrons. The van der Waals surface area contributed by atoms with Gasteiger partial charge in [-0.3, -0.25) is 0 Å². The van der Waals surface area contributed by atoms with Gasteiger partial charge in [0, 0.05) is 30.5 Å². The van der Waals surface area contributed by atoms with E-state index in [9.17, 15) is 0 Å². The van der Waals surface area contributed by atoms with Gasteiger partial charge in [0.2, 0.25) is 0 Å². The van der Waals surface area contributed by atoms with Crippen LogP contribution in [0.25, 0.3) is 0 Å². The van der Waals surface area contributed by atoms with E-state index in [0.29, 0.717) is 6.04 Å². The summed E-state index contributed by atoms with van der Waals surface area (Å²) >= 11 is 0. The van der Waals surface area contributed by atoms with E-state index in [1.54, 1.807) is 0 Å². The smallest absolute Gasteiger partial charge is 0.130 e. The average molecular weight is 207 g/mol. The first-order chi connectivity index (χ1) is 7.06. The zero-order valence-electron chi connectivity index (χ0n) is 10.1. The van der Waals surface area contributed by atoms with Crippen LogP contribution in [-0.4, -0.2) is 17.6 Å². The van der Waals surface area contributed by atoms with Gasteiger partial charge >= 0.3 is 0 Å². The number of nitrogens with two attached hydrogens (primary N) is 1. The van der Waals surface area contributed by atoms with Crippen molar-refractivity contribution in [3.8, 4) is 0 Å². The van der Waals surface area contributed by atoms with E-state index in [2.05, 4.69) is 30.7 Å². The third-order valence-corrected chi connectivity index (χ3v) is 2.51. The molecule has 1 aromatic rings. The maximum absolute atomic E-state index is 5.89. The van der Waals surface area contributed by atoms with Crippen molar-refractivity contribution in [2.45, 2.75) is 40.2 Å². The first kappa shape index (κ1) is 11.8. The Balaban J connectivity index is 2.95. The van der Waals surface area contributed by atoms with Crippen LogP contribution in [0.4, 0.5) is 11.5 Å². The number of aromatic nitrogens is 1. The summed E-state index contributed by atoms with van der Waals surface area (Å²) in [5, 5.41) is 0. The molecule has 2 N–H and O–H groups in total. The summed E-state index contributed by atoms with van der Waals surface area (Å²) in [4.78, 5) is 6.70. The van der Waals surface area contributed by atoms with Crippen LogP contribution in [0.3, 0.4) is 0 Å².